The summed E-state index contributed by atoms with van der Waals surface area (Å²) < 4.78 is 4.50. The minimum atomic E-state index is -0.111. The van der Waals surface area contributed by atoms with Crippen LogP contribution in [0.25, 0.3) is 21.8 Å². The minimum Gasteiger partial charge on any atom is -0.303 e. The number of pyridine rings is 2. The summed E-state index contributed by atoms with van der Waals surface area (Å²) in [5.74, 6) is 10.1. The lowest BCUT2D eigenvalue weighted by molar-refractivity contribution is 0.282. The summed E-state index contributed by atoms with van der Waals surface area (Å²) in [6.45, 7) is 10.8. The fraction of sp³-hybridized carbons (Fsp3) is 0.268. The molecule has 0 radical (unpaired) electrons. The topological polar surface area (TPSA) is 120 Å². The molecule has 2 aliphatic heterocycles. The highest BCUT2D eigenvalue weighted by atomic mass is 79.9. The third kappa shape index (κ3) is 8.87. The Morgan fingerprint density at radius 3 is 1.73 bits per heavy atom. The number of hydrogen-bond donors (Lipinski definition) is 2. The number of hydrogen-bond acceptors (Lipinski definition) is 8. The van der Waals surface area contributed by atoms with E-state index >= 15 is 0 Å². The highest BCUT2D eigenvalue weighted by Crippen LogP contribution is 2.20. The second kappa shape index (κ2) is 15.8. The van der Waals surface area contributed by atoms with Crippen LogP contribution in [0, 0.1) is 24.2 Å². The molecule has 0 amide bonds. The van der Waals surface area contributed by atoms with Crippen molar-refractivity contribution < 1.29 is 0 Å². The summed E-state index contributed by atoms with van der Waals surface area (Å²) in [5, 5.41) is 8.11. The van der Waals surface area contributed by atoms with Crippen LogP contribution in [0.4, 0.5) is 0 Å². The predicted octanol–water partition coefficient (Wildman–Crippen LogP) is 5.81. The highest BCUT2D eigenvalue weighted by molar-refractivity contribution is 9.10. The van der Waals surface area contributed by atoms with Gasteiger partial charge in [-0.2, -0.15) is 0 Å². The van der Waals surface area contributed by atoms with Gasteiger partial charge in [-0.1, -0.05) is 47.3 Å². The first-order valence-corrected chi connectivity index (χ1v) is 17.2. The second-order valence-corrected chi connectivity index (χ2v) is 14.4. The van der Waals surface area contributed by atoms with Gasteiger partial charge in [-0.3, -0.25) is 18.7 Å². The Morgan fingerprint density at radius 2 is 1.23 bits per heavy atom. The number of halogens is 1. The normalized spacial score (nSPS) is 14.7. The summed E-state index contributed by atoms with van der Waals surface area (Å²) in [6, 6.07) is 22.3. The molecule has 0 atom stereocenters. The molecule has 10 nitrogen and oxygen atoms in total. The van der Waals surface area contributed by atoms with Gasteiger partial charge in [-0.25, -0.2) is 19.9 Å². The van der Waals surface area contributed by atoms with E-state index in [-0.39, 0.29) is 29.6 Å². The maximum atomic E-state index is 12.8. The summed E-state index contributed by atoms with van der Waals surface area (Å²) in [6.07, 6.45) is 8.43. The van der Waals surface area contributed by atoms with Crippen LogP contribution in [0.3, 0.4) is 0 Å². The van der Waals surface area contributed by atoms with Gasteiger partial charge in [0.25, 0.3) is 11.1 Å². The van der Waals surface area contributed by atoms with E-state index in [0.29, 0.717) is 53.9 Å². The Bertz CT molecular complexity index is 2460. The van der Waals surface area contributed by atoms with Gasteiger partial charge in [0.05, 0.1) is 34.9 Å². The number of fused-ring (bicyclic) bond motifs is 4. The zero-order valence-electron chi connectivity index (χ0n) is 28.9. The minimum absolute atomic E-state index is 0. The van der Waals surface area contributed by atoms with E-state index in [9.17, 15) is 9.59 Å². The van der Waals surface area contributed by atoms with E-state index in [1.54, 1.807) is 27.6 Å². The second-order valence-electron chi connectivity index (χ2n) is 13.5. The molecule has 52 heavy (non-hydrogen) atoms. The van der Waals surface area contributed by atoms with Crippen LogP contribution in [0.1, 0.15) is 63.7 Å². The molecule has 8 rings (SSSR count). The van der Waals surface area contributed by atoms with Crippen molar-refractivity contribution in [2.24, 2.45) is 0 Å². The Kier molecular flexibility index (Phi) is 11.5. The molecule has 6 heterocycles. The van der Waals surface area contributed by atoms with Crippen molar-refractivity contribution in [3.05, 3.63) is 139 Å². The average Bonchev–Trinajstić information content (AvgIpc) is 3.12. The van der Waals surface area contributed by atoms with Gasteiger partial charge < -0.3 is 10.6 Å². The Balaban J connectivity index is 0.000000169. The number of nitrogens with one attached hydrogen (secondary N) is 2. The van der Waals surface area contributed by atoms with E-state index in [4.69, 9.17) is 6.42 Å². The zero-order valence-corrected chi connectivity index (χ0v) is 30.5. The average molecular weight is 758 g/mol. The number of rotatable bonds is 0. The van der Waals surface area contributed by atoms with Crippen LogP contribution in [0.2, 0.25) is 0 Å². The van der Waals surface area contributed by atoms with Gasteiger partial charge in [0.1, 0.15) is 23.0 Å². The molecule has 4 aromatic heterocycles. The van der Waals surface area contributed by atoms with Crippen LogP contribution in [0.5, 0.6) is 0 Å². The monoisotopic (exact) mass is 756 g/mol. The molecule has 0 fully saturated rings. The quantitative estimate of drug-likeness (QED) is 0.187. The largest absolute Gasteiger partial charge is 0.303 e. The fourth-order valence-corrected chi connectivity index (χ4v) is 6.09. The zero-order chi connectivity index (χ0) is 36.2. The number of nitrogens with zero attached hydrogens (tertiary/aromatic N) is 6. The van der Waals surface area contributed by atoms with Crippen molar-refractivity contribution in [1.82, 2.24) is 39.7 Å². The number of aromatic nitrogens is 6. The standard InChI is InChI=1S/C20H18N4O.C13H14BrN3O.C7H5N.CH4/c1-20(2)13-24-18(12-22-20)23-17-11-14(7-9-16(17)19(24)25)6-8-15-5-3-4-10-21-15;1-13(2)7-17-11(6-15-13)16-10-5-8(14)3-4-9(10)12(17)18;1-2-7-5-3-4-6-8-7;/h3-5,7,9-11,22H,12-13H2,1-2H3;3-5,15H,6-7H2,1-2H3;1,3-6H;1H4. The van der Waals surface area contributed by atoms with Crippen molar-refractivity contribution in [2.45, 2.75) is 72.4 Å². The van der Waals surface area contributed by atoms with E-state index in [0.717, 1.165) is 27.2 Å². The van der Waals surface area contributed by atoms with Gasteiger partial charge >= 0.3 is 0 Å². The lowest BCUT2D eigenvalue weighted by atomic mass is 10.0. The molecule has 0 aliphatic carbocycles. The van der Waals surface area contributed by atoms with Crippen LogP contribution in [-0.4, -0.2) is 40.1 Å². The van der Waals surface area contributed by atoms with Crippen molar-refractivity contribution in [3.8, 4) is 24.2 Å². The van der Waals surface area contributed by atoms with Crippen LogP contribution < -0.4 is 21.8 Å². The third-order valence-electron chi connectivity index (χ3n) is 8.40. The molecule has 0 unspecified atom stereocenters. The third-order valence-corrected chi connectivity index (χ3v) is 8.89. The first-order chi connectivity index (χ1) is 24.4. The van der Waals surface area contributed by atoms with Gasteiger partial charge in [0.2, 0.25) is 0 Å². The van der Waals surface area contributed by atoms with Crippen molar-refractivity contribution in [3.63, 3.8) is 0 Å². The molecule has 11 heteroatoms. The molecule has 0 saturated heterocycles. The van der Waals surface area contributed by atoms with Gasteiger partial charge in [-0.05, 0) is 94.3 Å². The maximum Gasteiger partial charge on any atom is 0.261 e. The van der Waals surface area contributed by atoms with Crippen molar-refractivity contribution in [2.75, 3.05) is 0 Å². The van der Waals surface area contributed by atoms with Crippen molar-refractivity contribution in [1.29, 1.82) is 0 Å². The van der Waals surface area contributed by atoms with E-state index in [2.05, 4.69) is 92.0 Å². The summed E-state index contributed by atoms with van der Waals surface area (Å²) in [5.41, 5.74) is 3.55. The maximum absolute atomic E-state index is 12.8. The molecular weight excluding hydrogens is 716 g/mol. The summed E-state index contributed by atoms with van der Waals surface area (Å²) in [4.78, 5) is 42.6. The molecule has 0 spiro atoms. The predicted molar refractivity (Wildman–Crippen MR) is 211 cm³/mol. The van der Waals surface area contributed by atoms with Crippen LogP contribution in [0.15, 0.2) is 99.3 Å². The van der Waals surface area contributed by atoms with E-state index in [1.165, 1.54) is 0 Å². The lowest BCUT2D eigenvalue weighted by Gasteiger charge is -2.33. The molecule has 2 aliphatic rings. The van der Waals surface area contributed by atoms with Crippen LogP contribution in [-0.2, 0) is 26.2 Å². The van der Waals surface area contributed by atoms with Gasteiger partial charge in [0, 0.05) is 46.6 Å². The Hall–Kier alpha value is -5.46. The summed E-state index contributed by atoms with van der Waals surface area (Å²) >= 11 is 3.41. The molecule has 0 bridgehead atoms. The Labute approximate surface area is 311 Å². The molecule has 0 saturated carbocycles. The van der Waals surface area contributed by atoms with Crippen molar-refractivity contribution >= 4 is 37.7 Å². The molecule has 264 valence electrons. The number of benzene rings is 2. The summed E-state index contributed by atoms with van der Waals surface area (Å²) in [7, 11) is 0. The highest BCUT2D eigenvalue weighted by Gasteiger charge is 2.27. The smallest absolute Gasteiger partial charge is 0.261 e. The lowest BCUT2D eigenvalue weighted by Crippen LogP contribution is -2.50. The fourth-order valence-electron chi connectivity index (χ4n) is 5.74. The molecule has 6 aromatic rings. The first kappa shape index (κ1) is 37.8. The van der Waals surface area contributed by atoms with Gasteiger partial charge in [0.15, 0.2) is 0 Å². The molecule has 2 aromatic carbocycles. The first-order valence-electron chi connectivity index (χ1n) is 16.4. The van der Waals surface area contributed by atoms with Gasteiger partial charge in [-0.15, -0.1) is 6.42 Å². The SMILES string of the molecule is C.C#Cc1ccccn1.CC1(C)Cn2c(nc3cc(Br)ccc3c2=O)CN1.CC1(C)Cn2c(nc3cc(C#Cc4ccccn4)ccc3c2=O)CN1. The Morgan fingerprint density at radius 1 is 0.712 bits per heavy atom. The molecular formula is C41H41BrN8O2. The number of terminal acetylenes is 1. The van der Waals surface area contributed by atoms with E-state index < -0.39 is 0 Å². The van der Waals surface area contributed by atoms with Crippen LogP contribution >= 0.6 is 15.9 Å². The van der Waals surface area contributed by atoms with E-state index in [1.807, 2.05) is 66.7 Å². The molecule has 2 N–H and O–H groups in total.